The van der Waals surface area contributed by atoms with E-state index in [1.54, 1.807) is 0 Å². The highest BCUT2D eigenvalue weighted by Gasteiger charge is 2.81. The maximum absolute atomic E-state index is 13.5. The Kier molecular flexibility index (Phi) is 10.1. The molecule has 28 heavy (non-hydrogen) atoms. The Balaban J connectivity index is 4.78. The standard InChI is InChI=1S/C17H25F9O2/c1-2-3-4-5-6-7-8-9-12(13(27)28)10-11-14(18,19)15(20,21)16(22,23)17(24,25)26/h12H,2-11H2,1H3,(H,27,28). The predicted octanol–water partition coefficient (Wildman–Crippen LogP) is 7.08. The summed E-state index contributed by atoms with van der Waals surface area (Å²) in [6, 6.07) is 0. The van der Waals surface area contributed by atoms with E-state index in [4.69, 9.17) is 5.11 Å². The number of halogens is 9. The van der Waals surface area contributed by atoms with E-state index in [0.29, 0.717) is 12.8 Å². The summed E-state index contributed by atoms with van der Waals surface area (Å²) in [4.78, 5) is 11.1. The summed E-state index contributed by atoms with van der Waals surface area (Å²) in [7, 11) is 0. The lowest BCUT2D eigenvalue weighted by Crippen LogP contribution is -2.60. The van der Waals surface area contributed by atoms with Crippen LogP contribution < -0.4 is 0 Å². The van der Waals surface area contributed by atoms with E-state index >= 15 is 0 Å². The fourth-order valence-corrected chi connectivity index (χ4v) is 2.66. The molecule has 0 aliphatic rings. The number of aliphatic carboxylic acids is 1. The minimum absolute atomic E-state index is 0.152. The molecule has 1 unspecified atom stereocenters. The molecule has 0 aromatic rings. The van der Waals surface area contributed by atoms with Gasteiger partial charge in [0.25, 0.3) is 0 Å². The number of alkyl halides is 9. The molecule has 0 saturated heterocycles. The zero-order valence-corrected chi connectivity index (χ0v) is 15.4. The van der Waals surface area contributed by atoms with Crippen molar-refractivity contribution in [2.45, 2.75) is 95.1 Å². The Bertz CT molecular complexity index is 476. The van der Waals surface area contributed by atoms with Crippen molar-refractivity contribution in [2.24, 2.45) is 5.92 Å². The van der Waals surface area contributed by atoms with Crippen molar-refractivity contribution >= 4 is 5.97 Å². The third-order valence-corrected chi connectivity index (χ3v) is 4.52. The monoisotopic (exact) mass is 432 g/mol. The van der Waals surface area contributed by atoms with Crippen LogP contribution in [0.1, 0.15) is 71.1 Å². The van der Waals surface area contributed by atoms with Gasteiger partial charge < -0.3 is 5.11 Å². The lowest BCUT2D eigenvalue weighted by molar-refractivity contribution is -0.396. The number of carbonyl (C=O) groups is 1. The average Bonchev–Trinajstić information content (AvgIpc) is 2.54. The van der Waals surface area contributed by atoms with E-state index < -0.39 is 48.7 Å². The zero-order chi connectivity index (χ0) is 22.2. The van der Waals surface area contributed by atoms with Gasteiger partial charge in [0.05, 0.1) is 5.92 Å². The van der Waals surface area contributed by atoms with Gasteiger partial charge in [0.15, 0.2) is 0 Å². The molecular formula is C17H25F9O2. The van der Waals surface area contributed by atoms with Gasteiger partial charge in [-0.25, -0.2) is 0 Å². The largest absolute Gasteiger partial charge is 0.481 e. The first-order valence-corrected chi connectivity index (χ1v) is 9.04. The molecule has 0 radical (unpaired) electrons. The first-order valence-electron chi connectivity index (χ1n) is 9.04. The molecule has 0 aromatic carbocycles. The SMILES string of the molecule is CCCCCCCCCC(CCC(F)(F)C(F)(F)C(F)(F)C(F)(F)F)C(=O)O. The van der Waals surface area contributed by atoms with E-state index in [9.17, 15) is 44.3 Å². The Morgan fingerprint density at radius 1 is 0.750 bits per heavy atom. The summed E-state index contributed by atoms with van der Waals surface area (Å²) < 4.78 is 115. The third kappa shape index (κ3) is 7.02. The first-order chi connectivity index (χ1) is 12.6. The number of hydrogen-bond acceptors (Lipinski definition) is 1. The molecule has 1 atom stereocenters. The average molecular weight is 432 g/mol. The van der Waals surface area contributed by atoms with Crippen LogP contribution in [-0.2, 0) is 4.79 Å². The summed E-state index contributed by atoms with van der Waals surface area (Å²) in [5.41, 5.74) is 0. The van der Waals surface area contributed by atoms with Crippen LogP contribution >= 0.6 is 0 Å². The van der Waals surface area contributed by atoms with Crippen molar-refractivity contribution in [1.82, 2.24) is 0 Å². The van der Waals surface area contributed by atoms with Crippen LogP contribution in [0.4, 0.5) is 39.5 Å². The van der Waals surface area contributed by atoms with Gasteiger partial charge in [-0.05, 0) is 12.8 Å². The molecule has 0 saturated carbocycles. The predicted molar refractivity (Wildman–Crippen MR) is 83.9 cm³/mol. The Morgan fingerprint density at radius 3 is 1.64 bits per heavy atom. The quantitative estimate of drug-likeness (QED) is 0.235. The van der Waals surface area contributed by atoms with Crippen molar-refractivity contribution in [3.63, 3.8) is 0 Å². The maximum Gasteiger partial charge on any atom is 0.460 e. The zero-order valence-electron chi connectivity index (χ0n) is 15.4. The number of rotatable bonds is 14. The lowest BCUT2D eigenvalue weighted by atomic mass is 9.91. The molecule has 168 valence electrons. The van der Waals surface area contributed by atoms with E-state index in [0.717, 1.165) is 32.1 Å². The molecular weight excluding hydrogens is 407 g/mol. The fraction of sp³-hybridized carbons (Fsp3) is 0.941. The molecule has 0 fully saturated rings. The minimum Gasteiger partial charge on any atom is -0.481 e. The van der Waals surface area contributed by atoms with Crippen molar-refractivity contribution in [1.29, 1.82) is 0 Å². The molecule has 2 nitrogen and oxygen atoms in total. The van der Waals surface area contributed by atoms with Crippen molar-refractivity contribution < 1.29 is 49.4 Å². The topological polar surface area (TPSA) is 37.3 Å². The second-order valence-corrected chi connectivity index (χ2v) is 6.83. The minimum atomic E-state index is -6.94. The van der Waals surface area contributed by atoms with Gasteiger partial charge in [0, 0.05) is 6.42 Å². The van der Waals surface area contributed by atoms with Crippen LogP contribution in [0.5, 0.6) is 0 Å². The molecule has 11 heteroatoms. The maximum atomic E-state index is 13.5. The van der Waals surface area contributed by atoms with Crippen LogP contribution in [0, 0.1) is 5.92 Å². The molecule has 0 aliphatic carbocycles. The molecule has 0 spiro atoms. The number of hydrogen-bond donors (Lipinski definition) is 1. The van der Waals surface area contributed by atoms with Gasteiger partial charge in [0.2, 0.25) is 0 Å². The molecule has 0 aliphatic heterocycles. The van der Waals surface area contributed by atoms with Gasteiger partial charge in [-0.1, -0.05) is 51.9 Å². The number of unbranched alkanes of at least 4 members (excludes halogenated alkanes) is 6. The second kappa shape index (κ2) is 10.6. The van der Waals surface area contributed by atoms with Crippen molar-refractivity contribution in [3.8, 4) is 0 Å². The Hall–Kier alpha value is -1.16. The summed E-state index contributed by atoms with van der Waals surface area (Å²) in [6.45, 7) is 2.02. The van der Waals surface area contributed by atoms with Gasteiger partial charge >= 0.3 is 29.9 Å². The van der Waals surface area contributed by atoms with E-state index in [-0.39, 0.29) is 6.42 Å². The van der Waals surface area contributed by atoms with Gasteiger partial charge in [-0.2, -0.15) is 39.5 Å². The number of carboxylic acid groups (broad SMARTS) is 1. The molecule has 0 rings (SSSR count). The second-order valence-electron chi connectivity index (χ2n) is 6.83. The van der Waals surface area contributed by atoms with Crippen molar-refractivity contribution in [3.05, 3.63) is 0 Å². The molecule has 0 amide bonds. The van der Waals surface area contributed by atoms with Crippen LogP contribution in [0.2, 0.25) is 0 Å². The Morgan fingerprint density at radius 2 is 1.21 bits per heavy atom. The van der Waals surface area contributed by atoms with Crippen LogP contribution in [-0.4, -0.2) is 35.0 Å². The molecule has 1 N–H and O–H groups in total. The molecule has 0 bridgehead atoms. The third-order valence-electron chi connectivity index (χ3n) is 4.52. The van der Waals surface area contributed by atoms with E-state index in [1.165, 1.54) is 0 Å². The summed E-state index contributed by atoms with van der Waals surface area (Å²) in [5, 5.41) is 8.97. The highest BCUT2D eigenvalue weighted by atomic mass is 19.4. The lowest BCUT2D eigenvalue weighted by Gasteiger charge is -2.34. The van der Waals surface area contributed by atoms with Gasteiger partial charge in [0.1, 0.15) is 0 Å². The van der Waals surface area contributed by atoms with Crippen LogP contribution in [0.3, 0.4) is 0 Å². The van der Waals surface area contributed by atoms with Gasteiger partial charge in [-0.3, -0.25) is 4.79 Å². The van der Waals surface area contributed by atoms with Crippen LogP contribution in [0.25, 0.3) is 0 Å². The van der Waals surface area contributed by atoms with E-state index in [2.05, 4.69) is 0 Å². The highest BCUT2D eigenvalue weighted by molar-refractivity contribution is 5.69. The number of carboxylic acids is 1. The summed E-state index contributed by atoms with van der Waals surface area (Å²) >= 11 is 0. The summed E-state index contributed by atoms with van der Waals surface area (Å²) in [5.74, 6) is -22.5. The molecule has 0 heterocycles. The highest BCUT2D eigenvalue weighted by Crippen LogP contribution is 2.54. The normalized spacial score (nSPS) is 14.9. The Labute approximate surface area is 157 Å². The fourth-order valence-electron chi connectivity index (χ4n) is 2.66. The summed E-state index contributed by atoms with van der Waals surface area (Å²) in [6.07, 6.45) is -4.70. The first kappa shape index (κ1) is 26.8. The van der Waals surface area contributed by atoms with Gasteiger partial charge in [-0.15, -0.1) is 0 Å². The van der Waals surface area contributed by atoms with Crippen molar-refractivity contribution in [2.75, 3.05) is 0 Å². The smallest absolute Gasteiger partial charge is 0.460 e. The van der Waals surface area contributed by atoms with Crippen LogP contribution in [0.15, 0.2) is 0 Å². The van der Waals surface area contributed by atoms with E-state index in [1.807, 2.05) is 6.92 Å². The molecule has 0 aromatic heterocycles.